The molecular formula is C6H11K3O7. The van der Waals surface area contributed by atoms with Gasteiger partial charge in [-0.05, 0) is 0 Å². The Kier molecular flexibility index (Phi) is 22.9. The molecule has 0 atom stereocenters. The Morgan fingerprint density at radius 3 is 1.25 bits per heavy atom. The minimum Gasteiger partial charge on any atom is -1.00 e. The van der Waals surface area contributed by atoms with Crippen molar-refractivity contribution < 1.29 is 193 Å². The van der Waals surface area contributed by atoms with Gasteiger partial charge in [0.2, 0.25) is 0 Å². The maximum Gasteiger partial charge on any atom is 1.00 e. The minimum atomic E-state index is -2.74. The Balaban J connectivity index is -0.0000000480. The first-order valence-electron chi connectivity index (χ1n) is 3.17. The molecule has 0 bridgehead atoms. The van der Waals surface area contributed by atoms with Crippen LogP contribution in [0.5, 0.6) is 0 Å². The van der Waals surface area contributed by atoms with Gasteiger partial charge >= 0.3 is 172 Å². The molecule has 80 valence electrons. The summed E-state index contributed by atoms with van der Waals surface area (Å²) >= 11 is 0. The number of hydrogen-bond acceptors (Lipinski definition) is 4. The summed E-state index contributed by atoms with van der Waals surface area (Å²) in [5, 5.41) is 33.8. The number of carboxylic acid groups (broad SMARTS) is 3. The van der Waals surface area contributed by atoms with Crippen molar-refractivity contribution in [2.24, 2.45) is 0 Å². The second-order valence-electron chi connectivity index (χ2n) is 2.48. The Morgan fingerprint density at radius 2 is 1.12 bits per heavy atom. The monoisotopic (exact) mass is 312 g/mol. The van der Waals surface area contributed by atoms with Gasteiger partial charge in [0.15, 0.2) is 5.60 Å². The van der Waals surface area contributed by atoms with Crippen LogP contribution >= 0.6 is 0 Å². The second kappa shape index (κ2) is 13.3. The number of aliphatic hydroxyl groups is 1. The summed E-state index contributed by atoms with van der Waals surface area (Å²) < 4.78 is 0. The van der Waals surface area contributed by atoms with Crippen LogP contribution in [0.2, 0.25) is 0 Å². The van der Waals surface area contributed by atoms with E-state index in [1.807, 2.05) is 0 Å². The van der Waals surface area contributed by atoms with Crippen LogP contribution in [0.25, 0.3) is 0 Å². The van der Waals surface area contributed by atoms with E-state index in [0.29, 0.717) is 0 Å². The van der Waals surface area contributed by atoms with Gasteiger partial charge in [0.25, 0.3) is 0 Å². The molecule has 0 radical (unpaired) electrons. The number of carbonyl (C=O) groups is 3. The molecule has 0 aromatic carbocycles. The Bertz CT molecular complexity index is 250. The smallest absolute Gasteiger partial charge is 1.00 e. The van der Waals surface area contributed by atoms with E-state index in [2.05, 4.69) is 0 Å². The standard InChI is InChI=1S/C6H8O7.3K.3H/c7-3(8)1-6(13,5(11)12)2-4(9)10;;;;;;/h13H,1-2H2,(H,7,8)(H,9,10)(H,11,12);;;;;;/q;3*+1;3*-1. The molecule has 0 spiro atoms. The fourth-order valence-corrected chi connectivity index (χ4v) is 0.714. The topological polar surface area (TPSA) is 132 Å². The van der Waals surface area contributed by atoms with Crippen molar-refractivity contribution in [1.29, 1.82) is 0 Å². The van der Waals surface area contributed by atoms with Crippen molar-refractivity contribution in [2.75, 3.05) is 0 Å². The summed E-state index contributed by atoms with van der Waals surface area (Å²) in [6.45, 7) is 0. The zero-order chi connectivity index (χ0) is 10.6. The van der Waals surface area contributed by atoms with Crippen LogP contribution in [0, 0.1) is 0 Å². The Labute approximate surface area is 223 Å². The summed E-state index contributed by atoms with van der Waals surface area (Å²) in [6.07, 6.45) is -2.29. The maximum atomic E-state index is 10.3. The minimum absolute atomic E-state index is 0. The van der Waals surface area contributed by atoms with Gasteiger partial charge in [-0.1, -0.05) is 0 Å². The van der Waals surface area contributed by atoms with Gasteiger partial charge in [-0.25, -0.2) is 4.79 Å². The molecule has 4 N–H and O–H groups in total. The molecule has 0 aromatic rings. The number of hydrogen-bond donors (Lipinski definition) is 4. The van der Waals surface area contributed by atoms with Crippen molar-refractivity contribution in [3.63, 3.8) is 0 Å². The molecule has 0 aliphatic carbocycles. The van der Waals surface area contributed by atoms with E-state index >= 15 is 0 Å². The Morgan fingerprint density at radius 1 is 0.875 bits per heavy atom. The average Bonchev–Trinajstić information content (AvgIpc) is 1.82. The predicted molar refractivity (Wildman–Crippen MR) is 40.4 cm³/mol. The zero-order valence-electron chi connectivity index (χ0n) is 12.4. The van der Waals surface area contributed by atoms with Gasteiger partial charge in [-0.15, -0.1) is 0 Å². The fourth-order valence-electron chi connectivity index (χ4n) is 0.714. The molecule has 0 amide bonds. The van der Waals surface area contributed by atoms with Crippen LogP contribution in [-0.2, 0) is 14.4 Å². The fraction of sp³-hybridized carbons (Fsp3) is 0.500. The summed E-state index contributed by atoms with van der Waals surface area (Å²) in [6, 6.07) is 0. The second-order valence-corrected chi connectivity index (χ2v) is 2.48. The van der Waals surface area contributed by atoms with Crippen LogP contribution < -0.4 is 154 Å². The third kappa shape index (κ3) is 12.3. The van der Waals surface area contributed by atoms with E-state index in [9.17, 15) is 14.4 Å². The van der Waals surface area contributed by atoms with E-state index in [0.717, 1.165) is 0 Å². The average molecular weight is 312 g/mol. The van der Waals surface area contributed by atoms with Crippen molar-refractivity contribution in [2.45, 2.75) is 18.4 Å². The predicted octanol–water partition coefficient (Wildman–Crippen LogP) is -9.90. The molecule has 16 heavy (non-hydrogen) atoms. The third-order valence-electron chi connectivity index (χ3n) is 1.29. The normalized spacial score (nSPS) is 8.81. The molecule has 0 fully saturated rings. The summed E-state index contributed by atoms with van der Waals surface area (Å²) in [5.74, 6) is -5.02. The van der Waals surface area contributed by atoms with Gasteiger partial charge < -0.3 is 24.7 Å². The van der Waals surface area contributed by atoms with Gasteiger partial charge in [-0.3, -0.25) is 9.59 Å². The summed E-state index contributed by atoms with van der Waals surface area (Å²) in [7, 11) is 0. The molecule has 0 heterocycles. The molecule has 0 unspecified atom stereocenters. The van der Waals surface area contributed by atoms with E-state index in [1.165, 1.54) is 0 Å². The van der Waals surface area contributed by atoms with Gasteiger partial charge in [-0.2, -0.15) is 0 Å². The van der Waals surface area contributed by atoms with E-state index < -0.39 is 36.4 Å². The molecule has 0 aliphatic rings. The molecule has 0 saturated heterocycles. The molecule has 0 rings (SSSR count). The van der Waals surface area contributed by atoms with E-state index in [1.54, 1.807) is 0 Å². The number of aliphatic carboxylic acids is 3. The third-order valence-corrected chi connectivity index (χ3v) is 1.29. The van der Waals surface area contributed by atoms with Crippen molar-refractivity contribution in [3.05, 3.63) is 0 Å². The molecule has 7 nitrogen and oxygen atoms in total. The van der Waals surface area contributed by atoms with Crippen LogP contribution in [0.15, 0.2) is 0 Å². The first-order valence-corrected chi connectivity index (χ1v) is 3.17. The molecule has 0 saturated carbocycles. The van der Waals surface area contributed by atoms with Crippen molar-refractivity contribution >= 4 is 17.9 Å². The van der Waals surface area contributed by atoms with Gasteiger partial charge in [0.05, 0.1) is 12.8 Å². The first-order chi connectivity index (χ1) is 5.78. The zero-order valence-corrected chi connectivity index (χ0v) is 18.8. The maximum absolute atomic E-state index is 10.3. The van der Waals surface area contributed by atoms with Crippen molar-refractivity contribution in [1.82, 2.24) is 0 Å². The van der Waals surface area contributed by atoms with Crippen LogP contribution in [0.1, 0.15) is 17.1 Å². The number of rotatable bonds is 5. The van der Waals surface area contributed by atoms with Crippen LogP contribution in [0.4, 0.5) is 0 Å². The van der Waals surface area contributed by atoms with Gasteiger partial charge in [0, 0.05) is 0 Å². The first kappa shape index (κ1) is 27.6. The van der Waals surface area contributed by atoms with E-state index in [-0.39, 0.29) is 158 Å². The summed E-state index contributed by atoms with van der Waals surface area (Å²) in [4.78, 5) is 30.5. The molecule has 0 aromatic heterocycles. The van der Waals surface area contributed by atoms with Crippen LogP contribution in [-0.4, -0.2) is 43.9 Å². The van der Waals surface area contributed by atoms with E-state index in [4.69, 9.17) is 20.4 Å². The van der Waals surface area contributed by atoms with Crippen molar-refractivity contribution in [3.8, 4) is 0 Å². The number of carboxylic acids is 3. The SMILES string of the molecule is O=C(O)CC(O)(CC(=O)O)C(=O)O.[H-].[H-].[H-].[K+].[K+].[K+]. The molecule has 10 heteroatoms. The Hall–Kier alpha value is 3.28. The summed E-state index contributed by atoms with van der Waals surface area (Å²) in [5.41, 5.74) is -2.74. The van der Waals surface area contributed by atoms with Crippen LogP contribution in [0.3, 0.4) is 0 Å². The largest absolute Gasteiger partial charge is 1.00 e. The molecule has 0 aliphatic heterocycles. The quantitative estimate of drug-likeness (QED) is 0.371. The molecular weight excluding hydrogens is 301 g/mol. The van der Waals surface area contributed by atoms with Gasteiger partial charge in [0.1, 0.15) is 0 Å².